The van der Waals surface area contributed by atoms with Gasteiger partial charge in [0.2, 0.25) is 0 Å². The Kier molecular flexibility index (Phi) is 4.37. The Labute approximate surface area is 143 Å². The first-order valence-corrected chi connectivity index (χ1v) is 8.92. The van der Waals surface area contributed by atoms with E-state index in [1.807, 2.05) is 19.9 Å². The third-order valence-corrected chi connectivity index (χ3v) is 5.49. The standard InChI is InChI=1S/C19H28N4O/c1-12-6-8-15(9-7-12)19(4,5)22-18(24)16-11-20-23-14(3)10-13(2)21-17(16)23/h10-12,15H,6-9H2,1-5H3,(H,22,24). The molecule has 2 heterocycles. The molecular weight excluding hydrogens is 300 g/mol. The van der Waals surface area contributed by atoms with E-state index in [-0.39, 0.29) is 11.4 Å². The van der Waals surface area contributed by atoms with Crippen molar-refractivity contribution in [2.75, 3.05) is 0 Å². The molecule has 0 bridgehead atoms. The SMILES string of the molecule is Cc1cc(C)n2ncc(C(=O)NC(C)(C)C3CCC(C)CC3)c2n1. The molecule has 2 aromatic heterocycles. The Morgan fingerprint density at radius 1 is 1.25 bits per heavy atom. The van der Waals surface area contributed by atoms with Crippen molar-refractivity contribution >= 4 is 11.6 Å². The summed E-state index contributed by atoms with van der Waals surface area (Å²) in [6.07, 6.45) is 6.49. The van der Waals surface area contributed by atoms with Crippen molar-refractivity contribution in [3.63, 3.8) is 0 Å². The van der Waals surface area contributed by atoms with Gasteiger partial charge in [-0.1, -0.05) is 19.8 Å². The van der Waals surface area contributed by atoms with Crippen LogP contribution in [0.1, 0.15) is 68.2 Å². The molecule has 5 heteroatoms. The zero-order valence-corrected chi connectivity index (χ0v) is 15.4. The Morgan fingerprint density at radius 2 is 1.92 bits per heavy atom. The van der Waals surface area contributed by atoms with E-state index < -0.39 is 0 Å². The van der Waals surface area contributed by atoms with E-state index >= 15 is 0 Å². The number of hydrogen-bond donors (Lipinski definition) is 1. The monoisotopic (exact) mass is 328 g/mol. The zero-order chi connectivity index (χ0) is 17.5. The summed E-state index contributed by atoms with van der Waals surface area (Å²) in [5.41, 5.74) is 2.86. The first kappa shape index (κ1) is 16.9. The van der Waals surface area contributed by atoms with E-state index in [0.29, 0.717) is 17.1 Å². The Morgan fingerprint density at radius 3 is 2.58 bits per heavy atom. The first-order valence-electron chi connectivity index (χ1n) is 8.92. The van der Waals surface area contributed by atoms with Gasteiger partial charge >= 0.3 is 0 Å². The van der Waals surface area contributed by atoms with Crippen molar-refractivity contribution in [3.05, 3.63) is 29.2 Å². The molecule has 3 rings (SSSR count). The fraction of sp³-hybridized carbons (Fsp3) is 0.632. The van der Waals surface area contributed by atoms with Gasteiger partial charge in [-0.2, -0.15) is 5.10 Å². The summed E-state index contributed by atoms with van der Waals surface area (Å²) in [6, 6.07) is 1.97. The van der Waals surface area contributed by atoms with Crippen LogP contribution in [-0.2, 0) is 0 Å². The maximum atomic E-state index is 12.9. The highest BCUT2D eigenvalue weighted by atomic mass is 16.1. The van der Waals surface area contributed by atoms with Crippen LogP contribution < -0.4 is 5.32 Å². The molecule has 1 aliphatic rings. The minimum atomic E-state index is -0.218. The Bertz CT molecular complexity index is 754. The number of hydrogen-bond acceptors (Lipinski definition) is 3. The van der Waals surface area contributed by atoms with Gasteiger partial charge in [-0.25, -0.2) is 9.50 Å². The van der Waals surface area contributed by atoms with Gasteiger partial charge in [0.1, 0.15) is 5.56 Å². The molecule has 0 spiro atoms. The van der Waals surface area contributed by atoms with Gasteiger partial charge in [-0.15, -0.1) is 0 Å². The van der Waals surface area contributed by atoms with Gasteiger partial charge in [-0.05, 0) is 58.4 Å². The predicted octanol–water partition coefficient (Wildman–Crippen LogP) is 3.68. The zero-order valence-electron chi connectivity index (χ0n) is 15.4. The van der Waals surface area contributed by atoms with E-state index in [1.165, 1.54) is 25.7 Å². The molecule has 0 aliphatic heterocycles. The Balaban J connectivity index is 1.82. The molecule has 5 nitrogen and oxygen atoms in total. The average Bonchev–Trinajstić information content (AvgIpc) is 2.91. The second kappa shape index (κ2) is 6.19. The fourth-order valence-corrected chi connectivity index (χ4v) is 3.87. The molecule has 0 atom stereocenters. The molecule has 2 aromatic rings. The normalized spacial score (nSPS) is 21.9. The molecule has 24 heavy (non-hydrogen) atoms. The van der Waals surface area contributed by atoms with Crippen LogP contribution in [0.5, 0.6) is 0 Å². The molecule has 1 saturated carbocycles. The number of fused-ring (bicyclic) bond motifs is 1. The topological polar surface area (TPSA) is 59.3 Å². The minimum Gasteiger partial charge on any atom is -0.347 e. The summed E-state index contributed by atoms with van der Waals surface area (Å²) < 4.78 is 1.73. The minimum absolute atomic E-state index is 0.0777. The molecule has 0 aromatic carbocycles. The summed E-state index contributed by atoms with van der Waals surface area (Å²) >= 11 is 0. The van der Waals surface area contributed by atoms with Crippen LogP contribution in [-0.4, -0.2) is 26.0 Å². The van der Waals surface area contributed by atoms with E-state index in [2.05, 4.69) is 36.2 Å². The number of aromatic nitrogens is 3. The second-order valence-electron chi connectivity index (χ2n) is 7.97. The maximum Gasteiger partial charge on any atom is 0.257 e. The van der Waals surface area contributed by atoms with Gasteiger partial charge in [-0.3, -0.25) is 4.79 Å². The molecule has 0 unspecified atom stereocenters. The molecule has 1 N–H and O–H groups in total. The highest BCUT2D eigenvalue weighted by Gasteiger charge is 2.34. The number of nitrogens with one attached hydrogen (secondary N) is 1. The first-order chi connectivity index (χ1) is 11.3. The number of aryl methyl sites for hydroxylation is 2. The number of nitrogens with zero attached hydrogens (tertiary/aromatic N) is 3. The van der Waals surface area contributed by atoms with Gasteiger partial charge < -0.3 is 5.32 Å². The van der Waals surface area contributed by atoms with Crippen molar-refractivity contribution in [3.8, 4) is 0 Å². The third kappa shape index (κ3) is 3.17. The van der Waals surface area contributed by atoms with Crippen molar-refractivity contribution in [2.45, 2.75) is 65.8 Å². The summed E-state index contributed by atoms with van der Waals surface area (Å²) in [7, 11) is 0. The van der Waals surface area contributed by atoms with Crippen LogP contribution in [0.3, 0.4) is 0 Å². The van der Waals surface area contributed by atoms with Crippen molar-refractivity contribution in [2.24, 2.45) is 11.8 Å². The second-order valence-corrected chi connectivity index (χ2v) is 7.97. The summed E-state index contributed by atoms with van der Waals surface area (Å²) in [5.74, 6) is 1.25. The third-order valence-electron chi connectivity index (χ3n) is 5.49. The molecule has 0 radical (unpaired) electrons. The molecule has 1 amide bonds. The molecule has 1 fully saturated rings. The van der Waals surface area contributed by atoms with E-state index in [9.17, 15) is 4.79 Å². The van der Waals surface area contributed by atoms with Crippen LogP contribution in [0, 0.1) is 25.7 Å². The number of carbonyl (C=O) groups is 1. The van der Waals surface area contributed by atoms with Gasteiger partial charge in [0, 0.05) is 16.9 Å². The summed E-state index contributed by atoms with van der Waals surface area (Å²) in [6.45, 7) is 10.5. The van der Waals surface area contributed by atoms with Crippen molar-refractivity contribution < 1.29 is 4.79 Å². The quantitative estimate of drug-likeness (QED) is 0.935. The van der Waals surface area contributed by atoms with E-state index in [0.717, 1.165) is 17.3 Å². The highest BCUT2D eigenvalue weighted by molar-refractivity contribution is 6.00. The summed E-state index contributed by atoms with van der Waals surface area (Å²) in [4.78, 5) is 17.4. The lowest BCUT2D eigenvalue weighted by Crippen LogP contribution is -2.50. The lowest BCUT2D eigenvalue weighted by molar-refractivity contribution is 0.0849. The van der Waals surface area contributed by atoms with Crippen LogP contribution in [0.2, 0.25) is 0 Å². The van der Waals surface area contributed by atoms with E-state index in [4.69, 9.17) is 0 Å². The van der Waals surface area contributed by atoms with Crippen LogP contribution in [0.15, 0.2) is 12.3 Å². The van der Waals surface area contributed by atoms with Gasteiger partial charge in [0.05, 0.1) is 6.20 Å². The Hall–Kier alpha value is -1.91. The van der Waals surface area contributed by atoms with Crippen molar-refractivity contribution in [1.29, 1.82) is 0 Å². The van der Waals surface area contributed by atoms with Gasteiger partial charge in [0.15, 0.2) is 5.65 Å². The highest BCUT2D eigenvalue weighted by Crippen LogP contribution is 2.35. The lowest BCUT2D eigenvalue weighted by atomic mass is 9.73. The van der Waals surface area contributed by atoms with Crippen LogP contribution in [0.4, 0.5) is 0 Å². The van der Waals surface area contributed by atoms with Crippen LogP contribution >= 0.6 is 0 Å². The predicted molar refractivity (Wildman–Crippen MR) is 95.1 cm³/mol. The van der Waals surface area contributed by atoms with E-state index in [1.54, 1.807) is 10.7 Å². The molecular formula is C19H28N4O. The average molecular weight is 328 g/mol. The fourth-order valence-electron chi connectivity index (χ4n) is 3.87. The smallest absolute Gasteiger partial charge is 0.257 e. The maximum absolute atomic E-state index is 12.9. The lowest BCUT2D eigenvalue weighted by Gasteiger charge is -2.39. The number of rotatable bonds is 3. The van der Waals surface area contributed by atoms with Gasteiger partial charge in [0.25, 0.3) is 5.91 Å². The summed E-state index contributed by atoms with van der Waals surface area (Å²) in [5, 5.41) is 7.57. The number of carbonyl (C=O) groups excluding carboxylic acids is 1. The molecule has 130 valence electrons. The van der Waals surface area contributed by atoms with Crippen LogP contribution in [0.25, 0.3) is 5.65 Å². The van der Waals surface area contributed by atoms with Crippen molar-refractivity contribution in [1.82, 2.24) is 19.9 Å². The molecule has 0 saturated heterocycles. The largest absolute Gasteiger partial charge is 0.347 e. The number of amides is 1. The molecule has 1 aliphatic carbocycles.